The van der Waals surface area contributed by atoms with Crippen molar-refractivity contribution in [2.75, 3.05) is 0 Å². The summed E-state index contributed by atoms with van der Waals surface area (Å²) in [4.78, 5) is 23.2. The van der Waals surface area contributed by atoms with E-state index < -0.39 is 11.9 Å². The number of benzene rings is 1. The number of hydrogen-bond donors (Lipinski definition) is 2. The highest BCUT2D eigenvalue weighted by atomic mass is 127. The fourth-order valence-corrected chi connectivity index (χ4v) is 1.84. The number of hydrogen-bond acceptors (Lipinski definition) is 3. The van der Waals surface area contributed by atoms with Crippen LogP contribution in [0, 0.1) is 3.57 Å². The third kappa shape index (κ3) is 3.69. The van der Waals surface area contributed by atoms with Gasteiger partial charge in [-0.3, -0.25) is 9.59 Å². The summed E-state index contributed by atoms with van der Waals surface area (Å²) in [6, 6.07) is 4.20. The first kappa shape index (κ1) is 14.0. The lowest BCUT2D eigenvalue weighted by Gasteiger charge is -2.12. The van der Waals surface area contributed by atoms with E-state index in [0.717, 1.165) is 3.57 Å². The Morgan fingerprint density at radius 3 is 2.71 bits per heavy atom. The average molecular weight is 347 g/mol. The quantitative estimate of drug-likeness (QED) is 0.820. The highest BCUT2D eigenvalue weighted by molar-refractivity contribution is 14.1. The highest BCUT2D eigenvalue weighted by Gasteiger charge is 2.17. The third-order valence-corrected chi connectivity index (χ3v) is 3.05. The van der Waals surface area contributed by atoms with Gasteiger partial charge in [0.1, 0.15) is 5.75 Å². The highest BCUT2D eigenvalue weighted by Crippen LogP contribution is 2.19. The second kappa shape index (κ2) is 6.00. The number of phenols is 1. The van der Waals surface area contributed by atoms with Crippen LogP contribution in [0.2, 0.25) is 0 Å². The first-order valence-corrected chi connectivity index (χ1v) is 6.35. The molecule has 0 heterocycles. The van der Waals surface area contributed by atoms with Gasteiger partial charge in [-0.2, -0.15) is 0 Å². The van der Waals surface area contributed by atoms with Gasteiger partial charge in [0.05, 0.1) is 11.6 Å². The van der Waals surface area contributed by atoms with Gasteiger partial charge in [0.25, 0.3) is 5.91 Å². The van der Waals surface area contributed by atoms with E-state index >= 15 is 0 Å². The molecular formula is C12H14INO3. The van der Waals surface area contributed by atoms with Crippen molar-refractivity contribution in [3.63, 3.8) is 0 Å². The summed E-state index contributed by atoms with van der Waals surface area (Å²) in [5.74, 6) is -0.558. The first-order chi connectivity index (χ1) is 7.95. The summed E-state index contributed by atoms with van der Waals surface area (Å²) in [5, 5.41) is 12.1. The van der Waals surface area contributed by atoms with Crippen molar-refractivity contribution >= 4 is 34.3 Å². The number of amides is 1. The number of Topliss-reactive ketones (excluding diaryl/α,β-unsaturated/α-hetero) is 1. The maximum Gasteiger partial charge on any atom is 0.255 e. The number of halogens is 1. The zero-order valence-electron chi connectivity index (χ0n) is 9.66. The summed E-state index contributed by atoms with van der Waals surface area (Å²) in [7, 11) is 0. The number of nitrogens with one attached hydrogen (secondary N) is 1. The number of carbonyl (C=O) groups is 2. The van der Waals surface area contributed by atoms with E-state index in [0.29, 0.717) is 6.42 Å². The molecule has 17 heavy (non-hydrogen) atoms. The van der Waals surface area contributed by atoms with Gasteiger partial charge in [-0.1, -0.05) is 6.92 Å². The largest absolute Gasteiger partial charge is 0.507 e. The van der Waals surface area contributed by atoms with E-state index in [2.05, 4.69) is 27.9 Å². The van der Waals surface area contributed by atoms with Crippen molar-refractivity contribution in [2.24, 2.45) is 0 Å². The monoisotopic (exact) mass is 347 g/mol. The lowest BCUT2D eigenvalue weighted by molar-refractivity contribution is -0.120. The number of carbonyl (C=O) groups excluding carboxylic acids is 2. The molecule has 0 fully saturated rings. The summed E-state index contributed by atoms with van der Waals surface area (Å²) < 4.78 is 0.847. The maximum absolute atomic E-state index is 11.8. The summed E-state index contributed by atoms with van der Waals surface area (Å²) in [6.45, 7) is 3.38. The Morgan fingerprint density at radius 2 is 2.12 bits per heavy atom. The molecule has 2 N–H and O–H groups in total. The van der Waals surface area contributed by atoms with Crippen LogP contribution in [0.5, 0.6) is 5.75 Å². The molecule has 1 aromatic rings. The molecule has 4 nitrogen and oxygen atoms in total. The van der Waals surface area contributed by atoms with Crippen LogP contribution >= 0.6 is 22.6 Å². The second-order valence-electron chi connectivity index (χ2n) is 3.68. The van der Waals surface area contributed by atoms with Gasteiger partial charge in [-0.15, -0.1) is 0 Å². The van der Waals surface area contributed by atoms with Gasteiger partial charge in [0.15, 0.2) is 5.78 Å². The summed E-state index contributed by atoms with van der Waals surface area (Å²) in [6.07, 6.45) is 0.375. The van der Waals surface area contributed by atoms with Crippen molar-refractivity contribution < 1.29 is 14.7 Å². The molecule has 1 unspecified atom stereocenters. The van der Waals surface area contributed by atoms with E-state index in [-0.39, 0.29) is 17.1 Å². The van der Waals surface area contributed by atoms with Gasteiger partial charge < -0.3 is 10.4 Å². The summed E-state index contributed by atoms with van der Waals surface area (Å²) >= 11 is 2.05. The average Bonchev–Trinajstić information content (AvgIpc) is 2.30. The molecule has 1 rings (SSSR count). The smallest absolute Gasteiger partial charge is 0.255 e. The lowest BCUT2D eigenvalue weighted by atomic mass is 10.1. The molecule has 0 aromatic heterocycles. The zero-order valence-corrected chi connectivity index (χ0v) is 11.8. The molecule has 0 saturated heterocycles. The Kier molecular flexibility index (Phi) is 4.92. The number of aromatic hydroxyl groups is 1. The van der Waals surface area contributed by atoms with Gasteiger partial charge >= 0.3 is 0 Å². The van der Waals surface area contributed by atoms with E-state index in [4.69, 9.17) is 0 Å². The van der Waals surface area contributed by atoms with E-state index in [1.165, 1.54) is 6.07 Å². The predicted octanol–water partition coefficient (Wildman–Crippen LogP) is 2.09. The van der Waals surface area contributed by atoms with Crippen LogP contribution in [0.25, 0.3) is 0 Å². The Bertz CT molecular complexity index is 445. The Labute approximate surface area is 114 Å². The van der Waals surface area contributed by atoms with Crippen LogP contribution in [0.1, 0.15) is 30.6 Å². The van der Waals surface area contributed by atoms with Gasteiger partial charge in [0, 0.05) is 9.99 Å². The number of phenolic OH excluding ortho intramolecular Hbond substituents is 1. The molecule has 0 aliphatic rings. The molecule has 1 amide bonds. The minimum absolute atomic E-state index is 0.0385. The fourth-order valence-electron chi connectivity index (χ4n) is 1.35. The molecule has 0 aliphatic carbocycles. The second-order valence-corrected chi connectivity index (χ2v) is 4.92. The molecule has 0 bridgehead atoms. The Hall–Kier alpha value is -1.11. The lowest BCUT2D eigenvalue weighted by Crippen LogP contribution is -2.38. The predicted molar refractivity (Wildman–Crippen MR) is 73.1 cm³/mol. The topological polar surface area (TPSA) is 66.4 Å². The zero-order chi connectivity index (χ0) is 13.0. The first-order valence-electron chi connectivity index (χ1n) is 5.27. The van der Waals surface area contributed by atoms with Crippen molar-refractivity contribution in [3.05, 3.63) is 27.3 Å². The molecule has 1 aromatic carbocycles. The molecule has 5 heteroatoms. The van der Waals surface area contributed by atoms with Crippen LogP contribution in [-0.2, 0) is 4.79 Å². The van der Waals surface area contributed by atoms with Crippen LogP contribution < -0.4 is 5.32 Å². The van der Waals surface area contributed by atoms with Crippen molar-refractivity contribution in [1.29, 1.82) is 0 Å². The van der Waals surface area contributed by atoms with Crippen molar-refractivity contribution in [1.82, 2.24) is 5.32 Å². The summed E-state index contributed by atoms with van der Waals surface area (Å²) in [5.41, 5.74) is 0.188. The Balaban J connectivity index is 2.83. The van der Waals surface area contributed by atoms with Crippen molar-refractivity contribution in [3.8, 4) is 5.75 Å². The molecule has 92 valence electrons. The van der Waals surface area contributed by atoms with Gasteiger partial charge in [0.2, 0.25) is 0 Å². The SMILES string of the molecule is CCC(=O)C(C)NC(=O)c1cc(I)ccc1O. The van der Waals surface area contributed by atoms with Gasteiger partial charge in [-0.05, 0) is 47.7 Å². The molecule has 0 spiro atoms. The normalized spacial score (nSPS) is 11.9. The number of ketones is 1. The van der Waals surface area contributed by atoms with E-state index in [1.807, 2.05) is 0 Å². The van der Waals surface area contributed by atoms with E-state index in [1.54, 1.807) is 26.0 Å². The van der Waals surface area contributed by atoms with Crippen LogP contribution in [0.4, 0.5) is 0 Å². The maximum atomic E-state index is 11.8. The van der Waals surface area contributed by atoms with Crippen molar-refractivity contribution in [2.45, 2.75) is 26.3 Å². The van der Waals surface area contributed by atoms with Crippen LogP contribution in [-0.4, -0.2) is 22.8 Å². The molecule has 1 atom stereocenters. The minimum atomic E-state index is -0.537. The van der Waals surface area contributed by atoms with Gasteiger partial charge in [-0.25, -0.2) is 0 Å². The molecule has 0 aliphatic heterocycles. The number of rotatable bonds is 4. The van der Waals surface area contributed by atoms with Crippen LogP contribution in [0.3, 0.4) is 0 Å². The fraction of sp³-hybridized carbons (Fsp3) is 0.333. The standard InChI is InChI=1S/C12H14INO3/c1-3-10(15)7(2)14-12(17)9-6-8(13)4-5-11(9)16/h4-7,16H,3H2,1-2H3,(H,14,17). The van der Waals surface area contributed by atoms with E-state index in [9.17, 15) is 14.7 Å². The Morgan fingerprint density at radius 1 is 1.47 bits per heavy atom. The minimum Gasteiger partial charge on any atom is -0.507 e. The molecule has 0 radical (unpaired) electrons. The third-order valence-electron chi connectivity index (χ3n) is 2.38. The van der Waals surface area contributed by atoms with Crippen LogP contribution in [0.15, 0.2) is 18.2 Å². The molecular weight excluding hydrogens is 333 g/mol. The molecule has 0 saturated carbocycles.